The molecule has 3 aromatic rings. The van der Waals surface area contributed by atoms with E-state index >= 15 is 0 Å². The van der Waals surface area contributed by atoms with Crippen molar-refractivity contribution < 1.29 is 24.6 Å². The highest BCUT2D eigenvalue weighted by Crippen LogP contribution is 2.26. The van der Waals surface area contributed by atoms with Crippen LogP contribution in [0.2, 0.25) is 0 Å². The highest BCUT2D eigenvalue weighted by molar-refractivity contribution is 7.20. The van der Waals surface area contributed by atoms with Crippen molar-refractivity contribution in [2.75, 3.05) is 6.61 Å². The Morgan fingerprint density at radius 1 is 1.10 bits per heavy atom. The minimum atomic E-state index is -0.998. The van der Waals surface area contributed by atoms with Crippen LogP contribution in [0.15, 0.2) is 48.5 Å². The first-order valence-electron chi connectivity index (χ1n) is 9.84. The first kappa shape index (κ1) is 22.7. The molecule has 1 aromatic heterocycles. The molecule has 0 aliphatic heterocycles. The monoisotopic (exact) mass is 443 g/mol. The Labute approximate surface area is 183 Å². The number of nitrogens with two attached hydrogens (primary N) is 1. The average Bonchev–Trinajstić information content (AvgIpc) is 3.19. The molecule has 0 spiro atoms. The molecule has 0 fully saturated rings. The molecular weight excluding hydrogens is 418 g/mol. The highest BCUT2D eigenvalue weighted by atomic mass is 32.1. The minimum Gasteiger partial charge on any atom is -0.494 e. The largest absolute Gasteiger partial charge is 0.494 e. The Hall–Kier alpha value is -2.98. The van der Waals surface area contributed by atoms with Gasteiger partial charge in [0.05, 0.1) is 11.5 Å². The molecule has 8 nitrogen and oxygen atoms in total. The number of hydrogen-bond donors (Lipinski definition) is 5. The SMILES string of the molecule is N[C@@H](CCCOc1cccc(CNCc2ccc3cc(C(=O)NO)sc3c2)c1)C(=O)O. The van der Waals surface area contributed by atoms with Gasteiger partial charge < -0.3 is 20.9 Å². The van der Waals surface area contributed by atoms with Crippen molar-refractivity contribution in [3.63, 3.8) is 0 Å². The molecule has 1 atom stereocenters. The van der Waals surface area contributed by atoms with Crippen molar-refractivity contribution in [2.45, 2.75) is 32.0 Å². The van der Waals surface area contributed by atoms with Gasteiger partial charge in [0, 0.05) is 17.8 Å². The lowest BCUT2D eigenvalue weighted by molar-refractivity contribution is -0.138. The van der Waals surface area contributed by atoms with E-state index in [0.29, 0.717) is 37.4 Å². The van der Waals surface area contributed by atoms with Crippen molar-refractivity contribution in [3.8, 4) is 5.75 Å². The highest BCUT2D eigenvalue weighted by Gasteiger charge is 2.11. The number of rotatable bonds is 11. The number of carbonyl (C=O) groups excluding carboxylic acids is 1. The van der Waals surface area contributed by atoms with E-state index in [1.807, 2.05) is 42.5 Å². The predicted molar refractivity (Wildman–Crippen MR) is 118 cm³/mol. The molecule has 6 N–H and O–H groups in total. The Balaban J connectivity index is 1.48. The fourth-order valence-electron chi connectivity index (χ4n) is 3.07. The second kappa shape index (κ2) is 10.9. The van der Waals surface area contributed by atoms with Crippen LogP contribution in [-0.2, 0) is 17.9 Å². The molecular formula is C22H25N3O5S. The van der Waals surface area contributed by atoms with Crippen LogP contribution in [0, 0.1) is 0 Å². The van der Waals surface area contributed by atoms with Gasteiger partial charge in [-0.15, -0.1) is 11.3 Å². The van der Waals surface area contributed by atoms with Crippen molar-refractivity contribution in [2.24, 2.45) is 5.73 Å². The van der Waals surface area contributed by atoms with Crippen LogP contribution < -0.4 is 21.3 Å². The number of nitrogens with one attached hydrogen (secondary N) is 2. The topological polar surface area (TPSA) is 134 Å². The quantitative estimate of drug-likeness (QED) is 0.175. The number of ether oxygens (including phenoxy) is 1. The zero-order chi connectivity index (χ0) is 22.2. The van der Waals surface area contributed by atoms with E-state index in [4.69, 9.17) is 20.8 Å². The lowest BCUT2D eigenvalue weighted by atomic mass is 10.1. The van der Waals surface area contributed by atoms with Gasteiger partial charge >= 0.3 is 5.97 Å². The second-order valence-corrected chi connectivity index (χ2v) is 8.19. The molecule has 1 heterocycles. The molecule has 0 saturated carbocycles. The number of carboxylic acid groups (broad SMARTS) is 1. The molecule has 0 unspecified atom stereocenters. The van der Waals surface area contributed by atoms with Crippen LogP contribution >= 0.6 is 11.3 Å². The van der Waals surface area contributed by atoms with Gasteiger partial charge in [0.1, 0.15) is 11.8 Å². The van der Waals surface area contributed by atoms with E-state index in [1.54, 1.807) is 11.5 Å². The van der Waals surface area contributed by atoms with Crippen LogP contribution in [0.3, 0.4) is 0 Å². The molecule has 0 bridgehead atoms. The summed E-state index contributed by atoms with van der Waals surface area (Å²) in [5.41, 5.74) is 9.30. The van der Waals surface area contributed by atoms with Gasteiger partial charge in [-0.1, -0.05) is 24.3 Å². The number of thiophene rings is 1. The predicted octanol–water partition coefficient (Wildman–Crippen LogP) is 2.88. The van der Waals surface area contributed by atoms with E-state index in [0.717, 1.165) is 27.0 Å². The Kier molecular flexibility index (Phi) is 7.96. The number of carbonyl (C=O) groups is 2. The first-order chi connectivity index (χ1) is 15.0. The summed E-state index contributed by atoms with van der Waals surface area (Å²) in [6, 6.07) is 14.6. The number of hydrogen-bond acceptors (Lipinski definition) is 7. The molecule has 2 aromatic carbocycles. The summed E-state index contributed by atoms with van der Waals surface area (Å²) in [7, 11) is 0. The van der Waals surface area contributed by atoms with Gasteiger partial charge in [-0.25, -0.2) is 5.48 Å². The van der Waals surface area contributed by atoms with Crippen molar-refractivity contribution in [3.05, 3.63) is 64.5 Å². The van der Waals surface area contributed by atoms with E-state index < -0.39 is 17.9 Å². The van der Waals surface area contributed by atoms with Crippen molar-refractivity contribution >= 4 is 33.3 Å². The average molecular weight is 444 g/mol. The lowest BCUT2D eigenvalue weighted by Gasteiger charge is -2.10. The Bertz CT molecular complexity index is 1050. The van der Waals surface area contributed by atoms with Crippen LogP contribution in [0.25, 0.3) is 10.1 Å². The zero-order valence-corrected chi connectivity index (χ0v) is 17.7. The summed E-state index contributed by atoms with van der Waals surface area (Å²) in [5.74, 6) is -0.770. The standard InChI is InChI=1S/C22H25N3O5S/c23-18(22(27)28)5-2-8-30-17-4-1-3-14(9-17)12-24-13-15-6-7-16-11-20(21(26)25-29)31-19(16)10-15/h1,3-4,6-7,9-11,18,24,29H,2,5,8,12-13,23H2,(H,25,26)(H,27,28)/t18-/m0/s1. The third kappa shape index (κ3) is 6.50. The molecule has 3 rings (SSSR count). The maximum Gasteiger partial charge on any atom is 0.320 e. The summed E-state index contributed by atoms with van der Waals surface area (Å²) >= 11 is 1.33. The van der Waals surface area contributed by atoms with Gasteiger partial charge in [-0.2, -0.15) is 0 Å². The fraction of sp³-hybridized carbons (Fsp3) is 0.273. The lowest BCUT2D eigenvalue weighted by Crippen LogP contribution is -2.30. The van der Waals surface area contributed by atoms with Gasteiger partial charge in [-0.05, 0) is 53.6 Å². The molecule has 0 saturated heterocycles. The molecule has 31 heavy (non-hydrogen) atoms. The Morgan fingerprint density at radius 2 is 1.87 bits per heavy atom. The smallest absolute Gasteiger partial charge is 0.320 e. The number of aliphatic carboxylic acids is 1. The molecule has 9 heteroatoms. The summed E-state index contributed by atoms with van der Waals surface area (Å²) in [6.07, 6.45) is 0.945. The third-order valence-electron chi connectivity index (χ3n) is 4.71. The van der Waals surface area contributed by atoms with E-state index in [-0.39, 0.29) is 0 Å². The zero-order valence-electron chi connectivity index (χ0n) is 16.8. The van der Waals surface area contributed by atoms with E-state index in [9.17, 15) is 9.59 Å². The minimum absolute atomic E-state index is 0.372. The fourth-order valence-corrected chi connectivity index (χ4v) is 4.08. The van der Waals surface area contributed by atoms with Crippen molar-refractivity contribution in [1.29, 1.82) is 0 Å². The number of benzene rings is 2. The number of hydroxylamine groups is 1. The van der Waals surface area contributed by atoms with Crippen LogP contribution in [0.1, 0.15) is 33.6 Å². The number of fused-ring (bicyclic) bond motifs is 1. The maximum absolute atomic E-state index is 11.6. The second-order valence-electron chi connectivity index (χ2n) is 7.11. The summed E-state index contributed by atoms with van der Waals surface area (Å²) in [5, 5.41) is 21.9. The molecule has 1 amide bonds. The molecule has 0 aliphatic carbocycles. The number of amides is 1. The summed E-state index contributed by atoms with van der Waals surface area (Å²) in [4.78, 5) is 22.7. The van der Waals surface area contributed by atoms with Crippen LogP contribution in [0.5, 0.6) is 5.75 Å². The number of carboxylic acids is 1. The molecule has 0 radical (unpaired) electrons. The van der Waals surface area contributed by atoms with Crippen molar-refractivity contribution in [1.82, 2.24) is 10.8 Å². The first-order valence-corrected chi connectivity index (χ1v) is 10.7. The van der Waals surface area contributed by atoms with Gasteiger partial charge in [0.25, 0.3) is 5.91 Å². The van der Waals surface area contributed by atoms with Gasteiger partial charge in [0.2, 0.25) is 0 Å². The van der Waals surface area contributed by atoms with Gasteiger partial charge in [-0.3, -0.25) is 14.8 Å². The molecule has 164 valence electrons. The van der Waals surface area contributed by atoms with E-state index in [1.165, 1.54) is 11.3 Å². The van der Waals surface area contributed by atoms with Gasteiger partial charge in [0.15, 0.2) is 0 Å². The van der Waals surface area contributed by atoms with Crippen LogP contribution in [0.4, 0.5) is 0 Å². The third-order valence-corrected chi connectivity index (χ3v) is 5.81. The maximum atomic E-state index is 11.6. The van der Waals surface area contributed by atoms with E-state index in [2.05, 4.69) is 5.32 Å². The normalized spacial score (nSPS) is 11.9. The van der Waals surface area contributed by atoms with Crippen LogP contribution in [-0.4, -0.2) is 34.8 Å². The Morgan fingerprint density at radius 3 is 2.61 bits per heavy atom. The summed E-state index contributed by atoms with van der Waals surface area (Å²) in [6.45, 7) is 1.73. The molecule has 0 aliphatic rings. The summed E-state index contributed by atoms with van der Waals surface area (Å²) < 4.78 is 6.68.